The van der Waals surface area contributed by atoms with Gasteiger partial charge >= 0.3 is 6.03 Å². The lowest BCUT2D eigenvalue weighted by Gasteiger charge is -2.08. The van der Waals surface area contributed by atoms with E-state index in [2.05, 4.69) is 27.5 Å². The molecule has 1 aromatic carbocycles. The molecule has 2 amide bonds. The summed E-state index contributed by atoms with van der Waals surface area (Å²) in [7, 11) is 0. The number of aromatic amines is 1. The minimum atomic E-state index is -0.385. The molecule has 7 heteroatoms. The average molecular weight is 329 g/mol. The molecular weight excluding hydrogens is 306 g/mol. The van der Waals surface area contributed by atoms with Crippen LogP contribution in [0.25, 0.3) is 11.3 Å². The number of benzene rings is 1. The van der Waals surface area contributed by atoms with Gasteiger partial charge < -0.3 is 11.1 Å². The first-order valence-electron chi connectivity index (χ1n) is 8.10. The van der Waals surface area contributed by atoms with Gasteiger partial charge in [-0.05, 0) is 18.6 Å². The van der Waals surface area contributed by atoms with Crippen LogP contribution in [0.4, 0.5) is 16.4 Å². The van der Waals surface area contributed by atoms with Crippen molar-refractivity contribution in [3.05, 3.63) is 40.7 Å². The molecule has 0 unspecified atom stereocenters. The highest BCUT2D eigenvalue weighted by atomic mass is 16.2. The minimum Gasteiger partial charge on any atom is -0.399 e. The predicted octanol–water partition coefficient (Wildman–Crippen LogP) is 2.72. The summed E-state index contributed by atoms with van der Waals surface area (Å²) in [5.74, 6) is 0.111. The third kappa shape index (κ3) is 5.42. The molecule has 5 N–H and O–H groups in total. The molecule has 0 bridgehead atoms. The molecule has 0 spiro atoms. The Morgan fingerprint density at radius 3 is 2.67 bits per heavy atom. The molecule has 2 aromatic rings. The Morgan fingerprint density at radius 2 is 1.96 bits per heavy atom. The Hall–Kier alpha value is -2.83. The number of unbranched alkanes of at least 4 members (excludes halogenated alkanes) is 3. The maximum Gasteiger partial charge on any atom is 0.321 e. The zero-order valence-corrected chi connectivity index (χ0v) is 13.8. The highest BCUT2D eigenvalue weighted by Crippen LogP contribution is 2.17. The van der Waals surface area contributed by atoms with Crippen LogP contribution in [-0.2, 0) is 0 Å². The molecule has 24 heavy (non-hydrogen) atoms. The van der Waals surface area contributed by atoms with E-state index < -0.39 is 0 Å². The molecular formula is C17H23N5O2. The highest BCUT2D eigenvalue weighted by molar-refractivity contribution is 5.87. The number of hydrogen-bond donors (Lipinski definition) is 4. The zero-order valence-electron chi connectivity index (χ0n) is 13.8. The number of carbonyl (C=O) groups excluding carboxylic acids is 1. The highest BCUT2D eigenvalue weighted by Gasteiger charge is 2.07. The van der Waals surface area contributed by atoms with E-state index in [0.29, 0.717) is 17.9 Å². The van der Waals surface area contributed by atoms with E-state index in [0.717, 1.165) is 31.2 Å². The molecule has 0 atom stereocenters. The average Bonchev–Trinajstić information content (AvgIpc) is 2.54. The number of anilines is 2. The first-order chi connectivity index (χ1) is 11.6. The quantitative estimate of drug-likeness (QED) is 0.462. The number of amides is 2. The lowest BCUT2D eigenvalue weighted by Crippen LogP contribution is -2.31. The molecule has 1 aromatic heterocycles. The maximum absolute atomic E-state index is 11.8. The van der Waals surface area contributed by atoms with Gasteiger partial charge in [-0.2, -0.15) is 0 Å². The molecule has 0 aliphatic carbocycles. The van der Waals surface area contributed by atoms with Crippen molar-refractivity contribution in [2.24, 2.45) is 0 Å². The molecule has 0 aliphatic rings. The van der Waals surface area contributed by atoms with E-state index >= 15 is 0 Å². The van der Waals surface area contributed by atoms with Crippen molar-refractivity contribution in [1.29, 1.82) is 0 Å². The standard InChI is InChI=1S/C17H23N5O2/c1-2-3-4-5-10-19-17(24)22-16-20-14(11-15(23)21-16)12-6-8-13(18)9-7-12/h6-9,11H,2-5,10,18H2,1H3,(H3,19,20,21,22,23,24). The summed E-state index contributed by atoms with van der Waals surface area (Å²) < 4.78 is 0. The molecule has 0 saturated heterocycles. The number of nitrogens with one attached hydrogen (secondary N) is 3. The molecule has 0 radical (unpaired) electrons. The smallest absolute Gasteiger partial charge is 0.321 e. The Balaban J connectivity index is 1.99. The van der Waals surface area contributed by atoms with Crippen molar-refractivity contribution in [3.8, 4) is 11.3 Å². The Bertz CT molecular complexity index is 725. The van der Waals surface area contributed by atoms with Crippen LogP contribution < -0.4 is 21.9 Å². The van der Waals surface area contributed by atoms with E-state index in [1.54, 1.807) is 24.3 Å². The fourth-order valence-corrected chi connectivity index (χ4v) is 2.22. The number of rotatable bonds is 7. The largest absolute Gasteiger partial charge is 0.399 e. The van der Waals surface area contributed by atoms with Crippen LogP contribution in [0.15, 0.2) is 35.1 Å². The number of nitrogens with zero attached hydrogens (tertiary/aromatic N) is 1. The van der Waals surface area contributed by atoms with Gasteiger partial charge in [-0.15, -0.1) is 0 Å². The third-order valence-corrected chi connectivity index (χ3v) is 3.50. The normalized spacial score (nSPS) is 10.4. The van der Waals surface area contributed by atoms with E-state index in [1.807, 2.05) is 0 Å². The zero-order chi connectivity index (χ0) is 17.4. The first kappa shape index (κ1) is 17.5. The van der Waals surface area contributed by atoms with Crippen LogP contribution >= 0.6 is 0 Å². The van der Waals surface area contributed by atoms with Gasteiger partial charge in [-0.1, -0.05) is 38.3 Å². The summed E-state index contributed by atoms with van der Waals surface area (Å²) in [6.45, 7) is 2.73. The van der Waals surface area contributed by atoms with Crippen LogP contribution in [0.2, 0.25) is 0 Å². The summed E-state index contributed by atoms with van der Waals surface area (Å²) in [4.78, 5) is 30.4. The summed E-state index contributed by atoms with van der Waals surface area (Å²) in [5.41, 5.74) is 7.16. The van der Waals surface area contributed by atoms with Crippen molar-refractivity contribution >= 4 is 17.7 Å². The molecule has 7 nitrogen and oxygen atoms in total. The Morgan fingerprint density at radius 1 is 1.21 bits per heavy atom. The fraction of sp³-hybridized carbons (Fsp3) is 0.353. The van der Waals surface area contributed by atoms with Crippen LogP contribution in [0, 0.1) is 0 Å². The first-order valence-corrected chi connectivity index (χ1v) is 8.10. The monoisotopic (exact) mass is 329 g/mol. The number of H-pyrrole nitrogens is 1. The number of aromatic nitrogens is 2. The summed E-state index contributed by atoms with van der Waals surface area (Å²) in [6.07, 6.45) is 4.31. The van der Waals surface area contributed by atoms with Crippen LogP contribution in [0.1, 0.15) is 32.6 Å². The molecule has 1 heterocycles. The molecule has 2 rings (SSSR count). The van der Waals surface area contributed by atoms with Crippen molar-refractivity contribution in [3.63, 3.8) is 0 Å². The second-order valence-electron chi connectivity index (χ2n) is 5.54. The molecule has 0 saturated carbocycles. The molecule has 128 valence electrons. The fourth-order valence-electron chi connectivity index (χ4n) is 2.22. The van der Waals surface area contributed by atoms with E-state index in [9.17, 15) is 9.59 Å². The topological polar surface area (TPSA) is 113 Å². The van der Waals surface area contributed by atoms with Crippen molar-refractivity contribution in [1.82, 2.24) is 15.3 Å². The van der Waals surface area contributed by atoms with Crippen molar-refractivity contribution in [2.45, 2.75) is 32.6 Å². The van der Waals surface area contributed by atoms with Gasteiger partial charge in [0.2, 0.25) is 5.95 Å². The van der Waals surface area contributed by atoms with Gasteiger partial charge in [-0.25, -0.2) is 9.78 Å². The number of urea groups is 1. The van der Waals surface area contributed by atoms with Crippen molar-refractivity contribution in [2.75, 3.05) is 17.6 Å². The molecule has 0 fully saturated rings. The number of nitrogens with two attached hydrogens (primary N) is 1. The van der Waals surface area contributed by atoms with E-state index in [4.69, 9.17) is 5.73 Å². The van der Waals surface area contributed by atoms with Gasteiger partial charge in [-0.3, -0.25) is 15.1 Å². The second-order valence-corrected chi connectivity index (χ2v) is 5.54. The summed E-state index contributed by atoms with van der Waals surface area (Å²) >= 11 is 0. The van der Waals surface area contributed by atoms with Crippen LogP contribution in [-0.4, -0.2) is 22.5 Å². The molecule has 0 aliphatic heterocycles. The number of hydrogen-bond acceptors (Lipinski definition) is 4. The Kier molecular flexibility index (Phi) is 6.36. The van der Waals surface area contributed by atoms with Crippen LogP contribution in [0.3, 0.4) is 0 Å². The van der Waals surface area contributed by atoms with Gasteiger partial charge in [0.1, 0.15) is 0 Å². The summed E-state index contributed by atoms with van der Waals surface area (Å²) in [5, 5.41) is 5.30. The Labute approximate surface area is 140 Å². The van der Waals surface area contributed by atoms with E-state index in [1.165, 1.54) is 6.07 Å². The SMILES string of the molecule is CCCCCCNC(=O)Nc1nc(-c2ccc(N)cc2)cc(=O)[nH]1. The third-order valence-electron chi connectivity index (χ3n) is 3.50. The van der Waals surface area contributed by atoms with E-state index in [-0.39, 0.29) is 17.5 Å². The van der Waals surface area contributed by atoms with Gasteiger partial charge in [0.15, 0.2) is 0 Å². The van der Waals surface area contributed by atoms with Gasteiger partial charge in [0.05, 0.1) is 5.69 Å². The van der Waals surface area contributed by atoms with Gasteiger partial charge in [0, 0.05) is 23.9 Å². The maximum atomic E-state index is 11.8. The lowest BCUT2D eigenvalue weighted by molar-refractivity contribution is 0.251. The van der Waals surface area contributed by atoms with Crippen LogP contribution in [0.5, 0.6) is 0 Å². The predicted molar refractivity (Wildman–Crippen MR) is 95.9 cm³/mol. The van der Waals surface area contributed by atoms with Crippen molar-refractivity contribution < 1.29 is 4.79 Å². The lowest BCUT2D eigenvalue weighted by atomic mass is 10.1. The second kappa shape index (κ2) is 8.71. The summed E-state index contributed by atoms with van der Waals surface area (Å²) in [6, 6.07) is 8.00. The number of nitrogen functional groups attached to an aromatic ring is 1. The number of carbonyl (C=O) groups is 1. The minimum absolute atomic E-state index is 0.111. The van der Waals surface area contributed by atoms with Gasteiger partial charge in [0.25, 0.3) is 5.56 Å².